The summed E-state index contributed by atoms with van der Waals surface area (Å²) in [4.78, 5) is 13.1. The summed E-state index contributed by atoms with van der Waals surface area (Å²) in [6.07, 6.45) is 2.48. The lowest BCUT2D eigenvalue weighted by Crippen LogP contribution is -2.46. The van der Waals surface area contributed by atoms with Gasteiger partial charge in [0.05, 0.1) is 24.8 Å². The number of hydrogen-bond acceptors (Lipinski definition) is 6. The van der Waals surface area contributed by atoms with Crippen molar-refractivity contribution < 1.29 is 22.7 Å². The average molecular weight is 510 g/mol. The van der Waals surface area contributed by atoms with Crippen LogP contribution >= 0.6 is 0 Å². The Hall–Kier alpha value is -3.69. The summed E-state index contributed by atoms with van der Waals surface area (Å²) in [5, 5.41) is 4.03. The van der Waals surface area contributed by atoms with Crippen LogP contribution in [0.5, 0.6) is 11.5 Å². The molecular formula is C27H31N3O5S. The van der Waals surface area contributed by atoms with Crippen molar-refractivity contribution in [2.45, 2.75) is 37.6 Å². The van der Waals surface area contributed by atoms with E-state index in [2.05, 4.69) is 15.2 Å². The molecule has 0 bridgehead atoms. The Morgan fingerprint density at radius 2 is 1.75 bits per heavy atom. The van der Waals surface area contributed by atoms with E-state index >= 15 is 0 Å². The second-order valence-electron chi connectivity index (χ2n) is 8.17. The molecule has 0 saturated heterocycles. The van der Waals surface area contributed by atoms with Crippen molar-refractivity contribution in [3.63, 3.8) is 0 Å². The largest absolute Gasteiger partial charge is 0.493 e. The van der Waals surface area contributed by atoms with Crippen LogP contribution in [0.15, 0.2) is 82.8 Å². The van der Waals surface area contributed by atoms with Crippen molar-refractivity contribution in [1.29, 1.82) is 0 Å². The Kier molecular flexibility index (Phi) is 9.61. The van der Waals surface area contributed by atoms with Crippen LogP contribution in [-0.4, -0.2) is 40.3 Å². The normalized spacial score (nSPS) is 12.3. The zero-order valence-electron chi connectivity index (χ0n) is 20.6. The Balaban J connectivity index is 1.75. The molecule has 36 heavy (non-hydrogen) atoms. The predicted molar refractivity (Wildman–Crippen MR) is 140 cm³/mol. The number of benzene rings is 3. The molecule has 3 aromatic rings. The molecule has 0 fully saturated rings. The van der Waals surface area contributed by atoms with Crippen LogP contribution < -0.4 is 19.6 Å². The number of carbonyl (C=O) groups excluding carboxylic acids is 1. The Bertz CT molecular complexity index is 1280. The number of nitrogens with one attached hydrogen (secondary N) is 2. The minimum atomic E-state index is -3.93. The molecule has 1 atom stereocenters. The van der Waals surface area contributed by atoms with Crippen molar-refractivity contribution in [2.75, 3.05) is 13.7 Å². The first-order valence-electron chi connectivity index (χ1n) is 11.6. The van der Waals surface area contributed by atoms with Crippen LogP contribution in [0.3, 0.4) is 0 Å². The standard InChI is InChI=1S/C27H31N3O5S/c1-4-16-35-25-15-12-22(18-26(25)34-3)19-28-29-27(31)24(17-21-8-6-5-7-9-21)30-36(32,33)23-13-10-20(2)11-14-23/h5-15,18-19,24,30H,4,16-17H2,1-3H3,(H,29,31)/b28-19+. The summed E-state index contributed by atoms with van der Waals surface area (Å²) < 4.78 is 39.5. The van der Waals surface area contributed by atoms with Crippen LogP contribution in [0.2, 0.25) is 0 Å². The zero-order chi connectivity index (χ0) is 26.0. The maximum absolute atomic E-state index is 13.0. The molecule has 0 radical (unpaired) electrons. The number of nitrogens with zero attached hydrogens (tertiary/aromatic N) is 1. The summed E-state index contributed by atoms with van der Waals surface area (Å²) >= 11 is 0. The summed E-state index contributed by atoms with van der Waals surface area (Å²) in [7, 11) is -2.39. The fraction of sp³-hybridized carbons (Fsp3) is 0.259. The quantitative estimate of drug-likeness (QED) is 0.285. The summed E-state index contributed by atoms with van der Waals surface area (Å²) in [5.74, 6) is 0.584. The Morgan fingerprint density at radius 3 is 2.42 bits per heavy atom. The topological polar surface area (TPSA) is 106 Å². The third-order valence-electron chi connectivity index (χ3n) is 5.27. The van der Waals surface area contributed by atoms with Gasteiger partial charge in [0.15, 0.2) is 11.5 Å². The Labute approximate surface area is 212 Å². The molecule has 1 unspecified atom stereocenters. The van der Waals surface area contributed by atoms with Gasteiger partial charge in [0.2, 0.25) is 10.0 Å². The smallest absolute Gasteiger partial charge is 0.258 e. The van der Waals surface area contributed by atoms with Crippen molar-refractivity contribution in [3.8, 4) is 11.5 Å². The molecule has 8 nitrogen and oxygen atoms in total. The molecule has 190 valence electrons. The molecule has 0 aromatic heterocycles. The number of hydrazone groups is 1. The fourth-order valence-corrected chi connectivity index (χ4v) is 4.55. The fourth-order valence-electron chi connectivity index (χ4n) is 3.35. The van der Waals surface area contributed by atoms with E-state index in [1.165, 1.54) is 18.3 Å². The van der Waals surface area contributed by atoms with Crippen molar-refractivity contribution >= 4 is 22.1 Å². The van der Waals surface area contributed by atoms with Gasteiger partial charge in [-0.3, -0.25) is 4.79 Å². The zero-order valence-corrected chi connectivity index (χ0v) is 21.4. The van der Waals surface area contributed by atoms with Gasteiger partial charge >= 0.3 is 0 Å². The van der Waals surface area contributed by atoms with Gasteiger partial charge < -0.3 is 9.47 Å². The Morgan fingerprint density at radius 1 is 1.03 bits per heavy atom. The third kappa shape index (κ3) is 7.66. The van der Waals surface area contributed by atoms with E-state index < -0.39 is 22.0 Å². The van der Waals surface area contributed by atoms with Gasteiger partial charge in [-0.15, -0.1) is 0 Å². The predicted octanol–water partition coefficient (Wildman–Crippen LogP) is 3.83. The molecule has 0 aliphatic carbocycles. The molecule has 2 N–H and O–H groups in total. The van der Waals surface area contributed by atoms with Crippen LogP contribution in [-0.2, 0) is 21.2 Å². The lowest BCUT2D eigenvalue weighted by Gasteiger charge is -2.17. The highest BCUT2D eigenvalue weighted by Gasteiger charge is 2.26. The monoisotopic (exact) mass is 509 g/mol. The van der Waals surface area contributed by atoms with E-state index in [1.807, 2.05) is 44.2 Å². The minimum Gasteiger partial charge on any atom is -0.493 e. The maximum atomic E-state index is 13.0. The van der Waals surface area contributed by atoms with Gasteiger partial charge in [-0.05, 0) is 61.2 Å². The van der Waals surface area contributed by atoms with E-state index in [9.17, 15) is 13.2 Å². The van der Waals surface area contributed by atoms with E-state index in [1.54, 1.807) is 37.4 Å². The lowest BCUT2D eigenvalue weighted by molar-refractivity contribution is -0.122. The lowest BCUT2D eigenvalue weighted by atomic mass is 10.1. The molecule has 3 rings (SSSR count). The number of ether oxygens (including phenoxy) is 2. The molecule has 0 aliphatic rings. The van der Waals surface area contributed by atoms with Crippen LogP contribution in [0.4, 0.5) is 0 Å². The minimum absolute atomic E-state index is 0.0833. The molecule has 1 amide bonds. The average Bonchev–Trinajstić information content (AvgIpc) is 2.88. The number of aryl methyl sites for hydroxylation is 1. The second kappa shape index (κ2) is 12.9. The number of rotatable bonds is 12. The van der Waals surface area contributed by atoms with Crippen molar-refractivity contribution in [1.82, 2.24) is 10.1 Å². The first-order chi connectivity index (χ1) is 17.3. The molecule has 3 aromatic carbocycles. The molecule has 0 aliphatic heterocycles. The number of hydrogen-bond donors (Lipinski definition) is 2. The first-order valence-corrected chi connectivity index (χ1v) is 13.1. The van der Waals surface area contributed by atoms with Crippen LogP contribution in [0.1, 0.15) is 30.0 Å². The van der Waals surface area contributed by atoms with Gasteiger partial charge in [0, 0.05) is 0 Å². The summed E-state index contributed by atoms with van der Waals surface area (Å²) in [6.45, 7) is 4.46. The molecule has 0 saturated carbocycles. The van der Waals surface area contributed by atoms with E-state index in [0.29, 0.717) is 23.7 Å². The molecule has 9 heteroatoms. The number of amides is 1. The number of methoxy groups -OCH3 is 1. The molecule has 0 spiro atoms. The molecular weight excluding hydrogens is 478 g/mol. The van der Waals surface area contributed by atoms with Gasteiger partial charge in [0.1, 0.15) is 6.04 Å². The number of sulfonamides is 1. The highest BCUT2D eigenvalue weighted by Crippen LogP contribution is 2.27. The van der Waals surface area contributed by atoms with Gasteiger partial charge in [-0.25, -0.2) is 13.8 Å². The summed E-state index contributed by atoms with van der Waals surface area (Å²) in [5.41, 5.74) is 4.87. The third-order valence-corrected chi connectivity index (χ3v) is 6.75. The van der Waals surface area contributed by atoms with Crippen LogP contribution in [0.25, 0.3) is 0 Å². The maximum Gasteiger partial charge on any atom is 0.258 e. The highest BCUT2D eigenvalue weighted by atomic mass is 32.2. The van der Waals surface area contributed by atoms with Crippen molar-refractivity contribution in [2.24, 2.45) is 5.10 Å². The summed E-state index contributed by atoms with van der Waals surface area (Å²) in [6, 6.07) is 19.8. The highest BCUT2D eigenvalue weighted by molar-refractivity contribution is 7.89. The van der Waals surface area contributed by atoms with Crippen LogP contribution in [0, 0.1) is 6.92 Å². The van der Waals surface area contributed by atoms with Gasteiger partial charge in [-0.1, -0.05) is 55.0 Å². The molecule has 0 heterocycles. The van der Waals surface area contributed by atoms with E-state index in [0.717, 1.165) is 17.5 Å². The SMILES string of the molecule is CCCOc1ccc(/C=N/NC(=O)C(Cc2ccccc2)NS(=O)(=O)c2ccc(C)cc2)cc1OC. The second-order valence-corrected chi connectivity index (χ2v) is 9.88. The van der Waals surface area contributed by atoms with E-state index in [4.69, 9.17) is 9.47 Å². The van der Waals surface area contributed by atoms with Crippen molar-refractivity contribution in [3.05, 3.63) is 89.5 Å². The van der Waals surface area contributed by atoms with Gasteiger partial charge in [0.25, 0.3) is 5.91 Å². The first kappa shape index (κ1) is 26.9. The van der Waals surface area contributed by atoms with E-state index in [-0.39, 0.29) is 11.3 Å². The van der Waals surface area contributed by atoms with Gasteiger partial charge in [-0.2, -0.15) is 9.82 Å². The number of carbonyl (C=O) groups is 1.